The summed E-state index contributed by atoms with van der Waals surface area (Å²) in [4.78, 5) is 50.5. The van der Waals surface area contributed by atoms with Crippen LogP contribution in [-0.2, 0) is 5.41 Å². The Morgan fingerprint density at radius 3 is 2.17 bits per heavy atom. The van der Waals surface area contributed by atoms with Crippen molar-refractivity contribution < 1.29 is 9.18 Å². The highest BCUT2D eigenvalue weighted by molar-refractivity contribution is 6.28. The van der Waals surface area contributed by atoms with E-state index in [0.29, 0.717) is 22.4 Å². The van der Waals surface area contributed by atoms with Gasteiger partial charge in [0.2, 0.25) is 5.28 Å². The Hall–Kier alpha value is -4.04. The van der Waals surface area contributed by atoms with Gasteiger partial charge in [0.1, 0.15) is 16.5 Å². The van der Waals surface area contributed by atoms with E-state index in [1.165, 1.54) is 36.4 Å². The first kappa shape index (κ1) is 24.1. The van der Waals surface area contributed by atoms with E-state index in [-0.39, 0.29) is 27.2 Å². The number of nitrogens with one attached hydrogen (secondary N) is 3. The molecule has 2 aromatic carbocycles. The topological polar surface area (TPSA) is 111 Å². The van der Waals surface area contributed by atoms with Gasteiger partial charge >= 0.3 is 0 Å². The second kappa shape index (κ2) is 9.31. The van der Waals surface area contributed by atoms with Gasteiger partial charge in [0.25, 0.3) is 11.1 Å². The quantitative estimate of drug-likeness (QED) is 0.380. The predicted octanol–water partition coefficient (Wildman–Crippen LogP) is 2.76. The number of benzene rings is 2. The van der Waals surface area contributed by atoms with E-state index >= 15 is 0 Å². The molecule has 0 spiro atoms. The lowest BCUT2D eigenvalue weighted by Crippen LogP contribution is -2.46. The van der Waals surface area contributed by atoms with Crippen LogP contribution in [0.3, 0.4) is 0 Å². The third-order valence-corrected chi connectivity index (χ3v) is 5.46. The standard InChI is InChI=1S/C26H22ClFN4O3/c1-26(2,3)22-18(31-25(27)32-22)13-20-24(35)29-19(23(34)30-20)12-14-5-4-6-16(11-14)21(33)15-7-9-17(28)10-8-15/h4-13H,1-3H3,(H,29,35)(H,30,34)(H,31,32). The van der Waals surface area contributed by atoms with Crippen LogP contribution in [0.4, 0.5) is 4.39 Å². The van der Waals surface area contributed by atoms with Gasteiger partial charge in [-0.15, -0.1) is 0 Å². The van der Waals surface area contributed by atoms with Gasteiger partial charge in [-0.25, -0.2) is 9.37 Å². The molecular formula is C26H22ClFN4O3. The van der Waals surface area contributed by atoms with Gasteiger partial charge in [0.05, 0.1) is 5.69 Å². The molecule has 9 heteroatoms. The maximum atomic E-state index is 13.2. The minimum atomic E-state index is -0.523. The monoisotopic (exact) mass is 492 g/mol. The van der Waals surface area contributed by atoms with Gasteiger partial charge in [-0.2, -0.15) is 0 Å². The zero-order chi connectivity index (χ0) is 25.3. The SMILES string of the molecule is CC(C)(C)c1[nH]c(Cl)nc1C=c1[nH]c(=O)c(=Cc2cccc(C(=O)c3ccc(F)cc3)c2)[nH]c1=O. The van der Waals surface area contributed by atoms with Gasteiger partial charge in [0.15, 0.2) is 5.78 Å². The molecule has 7 nitrogen and oxygen atoms in total. The van der Waals surface area contributed by atoms with E-state index < -0.39 is 16.9 Å². The minimum absolute atomic E-state index is 0.0228. The Balaban J connectivity index is 1.74. The molecule has 0 saturated heterocycles. The van der Waals surface area contributed by atoms with Crippen molar-refractivity contribution in [2.75, 3.05) is 0 Å². The summed E-state index contributed by atoms with van der Waals surface area (Å²) in [5.41, 5.74) is 1.04. The van der Waals surface area contributed by atoms with Crippen LogP contribution in [0.2, 0.25) is 5.28 Å². The maximum absolute atomic E-state index is 13.2. The summed E-state index contributed by atoms with van der Waals surface area (Å²) >= 11 is 6.02. The Labute approximate surface area is 204 Å². The van der Waals surface area contributed by atoms with E-state index in [2.05, 4.69) is 19.9 Å². The maximum Gasteiger partial charge on any atom is 0.272 e. The molecule has 0 fully saturated rings. The molecular weight excluding hydrogens is 471 g/mol. The molecule has 0 radical (unpaired) electrons. The molecule has 2 aromatic heterocycles. The number of imidazole rings is 1. The second-order valence-corrected chi connectivity index (χ2v) is 9.38. The summed E-state index contributed by atoms with van der Waals surface area (Å²) in [7, 11) is 0. The lowest BCUT2D eigenvalue weighted by atomic mass is 9.90. The van der Waals surface area contributed by atoms with E-state index in [4.69, 9.17) is 11.6 Å². The van der Waals surface area contributed by atoms with Crippen molar-refractivity contribution in [3.05, 3.63) is 119 Å². The number of aromatic amines is 3. The Morgan fingerprint density at radius 1 is 0.914 bits per heavy atom. The van der Waals surface area contributed by atoms with Crippen molar-refractivity contribution in [2.45, 2.75) is 26.2 Å². The molecule has 178 valence electrons. The predicted molar refractivity (Wildman–Crippen MR) is 133 cm³/mol. The van der Waals surface area contributed by atoms with Crippen LogP contribution in [-0.4, -0.2) is 25.7 Å². The van der Waals surface area contributed by atoms with Crippen molar-refractivity contribution in [1.29, 1.82) is 0 Å². The van der Waals surface area contributed by atoms with Gasteiger partial charge < -0.3 is 15.0 Å². The van der Waals surface area contributed by atoms with Crippen molar-refractivity contribution in [3.63, 3.8) is 0 Å². The fourth-order valence-electron chi connectivity index (χ4n) is 3.57. The normalized spacial score (nSPS) is 12.8. The first-order chi connectivity index (χ1) is 16.5. The number of hydrogen-bond donors (Lipinski definition) is 3. The lowest BCUT2D eigenvalue weighted by molar-refractivity contribution is 0.103. The molecule has 0 atom stereocenters. The average Bonchev–Trinajstić information content (AvgIpc) is 3.18. The fourth-order valence-corrected chi connectivity index (χ4v) is 3.76. The number of halogens is 2. The number of aromatic nitrogens is 4. The number of carbonyl (C=O) groups excluding carboxylic acids is 1. The Bertz CT molecular complexity index is 1660. The molecule has 4 aromatic rings. The van der Waals surface area contributed by atoms with Crippen LogP contribution >= 0.6 is 11.6 Å². The van der Waals surface area contributed by atoms with Crippen LogP contribution in [0.25, 0.3) is 12.2 Å². The van der Waals surface area contributed by atoms with Crippen molar-refractivity contribution >= 4 is 29.5 Å². The molecule has 0 unspecified atom stereocenters. The summed E-state index contributed by atoms with van der Waals surface area (Å²) in [6, 6.07) is 11.8. The number of nitrogens with zero attached hydrogens (tertiary/aromatic N) is 1. The second-order valence-electron chi connectivity index (χ2n) is 9.02. The molecule has 3 N–H and O–H groups in total. The molecule has 0 saturated carbocycles. The highest BCUT2D eigenvalue weighted by atomic mass is 35.5. The van der Waals surface area contributed by atoms with Gasteiger partial charge in [-0.3, -0.25) is 14.4 Å². The Morgan fingerprint density at radius 2 is 1.54 bits per heavy atom. The molecule has 0 aliphatic carbocycles. The smallest absolute Gasteiger partial charge is 0.272 e. The molecule has 4 rings (SSSR count). The van der Waals surface area contributed by atoms with Crippen molar-refractivity contribution in [3.8, 4) is 0 Å². The lowest BCUT2D eigenvalue weighted by Gasteiger charge is -2.16. The number of ketones is 1. The van der Waals surface area contributed by atoms with E-state index in [1.54, 1.807) is 24.3 Å². The largest absolute Gasteiger partial charge is 0.332 e. The summed E-state index contributed by atoms with van der Waals surface area (Å²) in [5, 5.41) is 0.232. The van der Waals surface area contributed by atoms with Crippen LogP contribution in [0.5, 0.6) is 0 Å². The number of hydrogen-bond acceptors (Lipinski definition) is 4. The van der Waals surface area contributed by atoms with Crippen LogP contribution < -0.4 is 21.8 Å². The van der Waals surface area contributed by atoms with Crippen LogP contribution in [0.15, 0.2) is 58.1 Å². The van der Waals surface area contributed by atoms with E-state index in [9.17, 15) is 18.8 Å². The number of carbonyl (C=O) groups is 1. The molecule has 0 bridgehead atoms. The van der Waals surface area contributed by atoms with Gasteiger partial charge in [-0.1, -0.05) is 39.0 Å². The highest BCUT2D eigenvalue weighted by Gasteiger charge is 2.21. The molecule has 0 amide bonds. The molecule has 0 aliphatic rings. The average molecular weight is 493 g/mol. The third-order valence-electron chi connectivity index (χ3n) is 5.29. The van der Waals surface area contributed by atoms with E-state index in [0.717, 1.165) is 5.69 Å². The molecule has 35 heavy (non-hydrogen) atoms. The first-order valence-electron chi connectivity index (χ1n) is 10.7. The summed E-state index contributed by atoms with van der Waals surface area (Å²) in [6.45, 7) is 5.90. The zero-order valence-electron chi connectivity index (χ0n) is 19.2. The van der Waals surface area contributed by atoms with Gasteiger partial charge in [-0.05, 0) is 59.6 Å². The first-order valence-corrected chi connectivity index (χ1v) is 11.1. The van der Waals surface area contributed by atoms with E-state index in [1.807, 2.05) is 20.8 Å². The van der Waals surface area contributed by atoms with Crippen molar-refractivity contribution in [1.82, 2.24) is 19.9 Å². The highest BCUT2D eigenvalue weighted by Crippen LogP contribution is 2.25. The summed E-state index contributed by atoms with van der Waals surface area (Å²) in [5.74, 6) is -0.725. The summed E-state index contributed by atoms with van der Waals surface area (Å²) < 4.78 is 13.2. The molecule has 2 heterocycles. The number of rotatable bonds is 4. The van der Waals surface area contributed by atoms with Gasteiger partial charge in [0, 0.05) is 22.2 Å². The zero-order valence-corrected chi connectivity index (χ0v) is 20.0. The van der Waals surface area contributed by atoms with Crippen molar-refractivity contribution in [2.24, 2.45) is 0 Å². The Kier molecular flexibility index (Phi) is 6.41. The summed E-state index contributed by atoms with van der Waals surface area (Å²) in [6.07, 6.45) is 2.94. The third kappa shape index (κ3) is 5.38. The van der Waals surface area contributed by atoms with Crippen LogP contribution in [0, 0.1) is 5.82 Å². The van der Waals surface area contributed by atoms with Crippen LogP contribution in [0.1, 0.15) is 53.6 Å². The molecule has 0 aliphatic heterocycles. The fraction of sp³-hybridized carbons (Fsp3) is 0.154. The minimum Gasteiger partial charge on any atom is -0.332 e. The number of H-pyrrole nitrogens is 3.